The highest BCUT2D eigenvalue weighted by Gasteiger charge is 2.32. The molecule has 4 nitrogen and oxygen atoms in total. The minimum atomic E-state index is -4.37. The molecule has 1 saturated heterocycles. The van der Waals surface area contributed by atoms with E-state index in [1.807, 2.05) is 16.4 Å². The van der Waals surface area contributed by atoms with Gasteiger partial charge < -0.3 is 9.47 Å². The van der Waals surface area contributed by atoms with Crippen molar-refractivity contribution in [3.8, 4) is 0 Å². The van der Waals surface area contributed by atoms with Gasteiger partial charge in [-0.3, -0.25) is 4.79 Å². The number of hydrogen-bond acceptors (Lipinski definition) is 2. The second kappa shape index (κ2) is 7.26. The van der Waals surface area contributed by atoms with E-state index in [0.29, 0.717) is 18.6 Å². The van der Waals surface area contributed by atoms with Gasteiger partial charge in [-0.05, 0) is 57.2 Å². The van der Waals surface area contributed by atoms with Gasteiger partial charge in [-0.1, -0.05) is 12.2 Å². The lowest BCUT2D eigenvalue weighted by Crippen LogP contribution is -2.42. The number of fused-ring (bicyclic) bond motifs is 1. The molecule has 0 spiro atoms. The first-order valence-electron chi connectivity index (χ1n) is 9.84. The number of aromatic nitrogens is 2. The summed E-state index contributed by atoms with van der Waals surface area (Å²) in [6.45, 7) is 3.20. The highest BCUT2D eigenvalue weighted by molar-refractivity contribution is 5.79. The monoisotopic (exact) mass is 391 g/mol. The third-order valence-corrected chi connectivity index (χ3v) is 5.95. The first kappa shape index (κ1) is 19.0. The van der Waals surface area contributed by atoms with Crippen LogP contribution in [0.5, 0.6) is 0 Å². The molecule has 1 aromatic carbocycles. The minimum Gasteiger partial charge on any atom is -0.342 e. The predicted molar refractivity (Wildman–Crippen MR) is 101 cm³/mol. The van der Waals surface area contributed by atoms with Gasteiger partial charge in [-0.2, -0.15) is 13.2 Å². The van der Waals surface area contributed by atoms with Crippen molar-refractivity contribution in [2.75, 3.05) is 13.1 Å². The number of hydrogen-bond donors (Lipinski definition) is 0. The van der Waals surface area contributed by atoms with E-state index < -0.39 is 11.7 Å². The fourth-order valence-corrected chi connectivity index (χ4v) is 4.48. The second-order valence-corrected chi connectivity index (χ2v) is 7.77. The van der Waals surface area contributed by atoms with Gasteiger partial charge in [0.2, 0.25) is 5.91 Å². The Bertz CT molecular complexity index is 907. The average molecular weight is 391 g/mol. The highest BCUT2D eigenvalue weighted by atomic mass is 19.4. The molecule has 1 fully saturated rings. The Morgan fingerprint density at radius 3 is 2.54 bits per heavy atom. The number of benzene rings is 1. The molecule has 28 heavy (non-hydrogen) atoms. The van der Waals surface area contributed by atoms with Crippen molar-refractivity contribution in [1.29, 1.82) is 0 Å². The summed E-state index contributed by atoms with van der Waals surface area (Å²) in [6, 6.07) is 3.91. The van der Waals surface area contributed by atoms with E-state index in [0.717, 1.165) is 55.6 Å². The van der Waals surface area contributed by atoms with E-state index in [2.05, 4.69) is 17.1 Å². The van der Waals surface area contributed by atoms with E-state index in [4.69, 9.17) is 0 Å². The van der Waals surface area contributed by atoms with Crippen LogP contribution in [0.3, 0.4) is 0 Å². The number of allylic oxidation sites excluding steroid dienone is 2. The maximum Gasteiger partial charge on any atom is 0.416 e. The van der Waals surface area contributed by atoms with E-state index in [-0.39, 0.29) is 17.9 Å². The summed E-state index contributed by atoms with van der Waals surface area (Å²) in [4.78, 5) is 19.0. The highest BCUT2D eigenvalue weighted by Crippen LogP contribution is 2.34. The summed E-state index contributed by atoms with van der Waals surface area (Å²) < 4.78 is 41.0. The van der Waals surface area contributed by atoms with E-state index >= 15 is 0 Å². The summed E-state index contributed by atoms with van der Waals surface area (Å²) in [5, 5.41) is 0. The molecule has 2 heterocycles. The number of carbonyl (C=O) groups excluding carboxylic acids is 1. The van der Waals surface area contributed by atoms with Crippen LogP contribution in [0.4, 0.5) is 13.2 Å². The molecule has 1 unspecified atom stereocenters. The molecule has 2 aliphatic rings. The molecule has 2 aromatic rings. The van der Waals surface area contributed by atoms with Crippen LogP contribution in [0, 0.1) is 12.8 Å². The normalized spacial score (nSPS) is 21.4. The molecular weight excluding hydrogens is 367 g/mol. The van der Waals surface area contributed by atoms with Crippen molar-refractivity contribution in [3.05, 3.63) is 41.7 Å². The summed E-state index contributed by atoms with van der Waals surface area (Å²) in [5.41, 5.74) is 0.430. The number of aryl methyl sites for hydroxylation is 1. The fraction of sp³-hybridized carbons (Fsp3) is 0.524. The fourth-order valence-electron chi connectivity index (χ4n) is 4.48. The second-order valence-electron chi connectivity index (χ2n) is 7.77. The molecule has 1 aromatic heterocycles. The largest absolute Gasteiger partial charge is 0.416 e. The standard InChI is InChI=1S/C21H24F3N3O/c1-14-25-18-13-16(21(22,23)24)7-8-19(18)27(14)17-9-11-26(12-10-17)20(28)15-5-3-2-4-6-15/h2-3,7-8,13,15,17H,4-6,9-12H2,1H3. The topological polar surface area (TPSA) is 38.1 Å². The Morgan fingerprint density at radius 1 is 1.14 bits per heavy atom. The van der Waals surface area contributed by atoms with E-state index in [9.17, 15) is 18.0 Å². The van der Waals surface area contributed by atoms with Gasteiger partial charge in [0.25, 0.3) is 0 Å². The zero-order chi connectivity index (χ0) is 19.9. The lowest BCUT2D eigenvalue weighted by Gasteiger charge is -2.35. The maximum atomic E-state index is 13.0. The van der Waals surface area contributed by atoms with Crippen LogP contribution >= 0.6 is 0 Å². The zero-order valence-corrected chi connectivity index (χ0v) is 15.9. The van der Waals surface area contributed by atoms with Gasteiger partial charge >= 0.3 is 6.18 Å². The third kappa shape index (κ3) is 3.54. The molecule has 0 bridgehead atoms. The van der Waals surface area contributed by atoms with Gasteiger partial charge in [0.1, 0.15) is 5.82 Å². The molecule has 0 radical (unpaired) electrons. The molecule has 1 aliphatic carbocycles. The Kier molecular flexibility index (Phi) is 4.93. The average Bonchev–Trinajstić information content (AvgIpc) is 3.02. The van der Waals surface area contributed by atoms with Gasteiger partial charge in [0.05, 0.1) is 16.6 Å². The number of nitrogens with zero attached hydrogens (tertiary/aromatic N) is 3. The molecule has 0 saturated carbocycles. The molecule has 1 aliphatic heterocycles. The van der Waals surface area contributed by atoms with Crippen LogP contribution < -0.4 is 0 Å². The Hall–Kier alpha value is -2.31. The smallest absolute Gasteiger partial charge is 0.342 e. The van der Waals surface area contributed by atoms with Crippen molar-refractivity contribution in [2.24, 2.45) is 5.92 Å². The first-order valence-corrected chi connectivity index (χ1v) is 9.84. The molecular formula is C21H24F3N3O. The molecule has 1 atom stereocenters. The number of imidazole rings is 1. The number of amides is 1. The maximum absolute atomic E-state index is 13.0. The Morgan fingerprint density at radius 2 is 1.89 bits per heavy atom. The summed E-state index contributed by atoms with van der Waals surface area (Å²) >= 11 is 0. The molecule has 0 N–H and O–H groups in total. The van der Waals surface area contributed by atoms with Crippen LogP contribution in [0.1, 0.15) is 49.5 Å². The number of carbonyl (C=O) groups is 1. The first-order chi connectivity index (χ1) is 13.3. The zero-order valence-electron chi connectivity index (χ0n) is 15.9. The Labute approximate surface area is 162 Å². The molecule has 150 valence electrons. The van der Waals surface area contributed by atoms with Crippen LogP contribution in [-0.2, 0) is 11.0 Å². The summed E-state index contributed by atoms with van der Waals surface area (Å²) in [5.74, 6) is 1.06. The van der Waals surface area contributed by atoms with Crippen LogP contribution in [0.15, 0.2) is 30.4 Å². The van der Waals surface area contributed by atoms with E-state index in [1.165, 1.54) is 6.07 Å². The summed E-state index contributed by atoms with van der Waals surface area (Å²) in [7, 11) is 0. The lowest BCUT2D eigenvalue weighted by molar-refractivity contribution is -0.138. The van der Waals surface area contributed by atoms with Crippen molar-refractivity contribution in [3.63, 3.8) is 0 Å². The van der Waals surface area contributed by atoms with Crippen LogP contribution in [0.2, 0.25) is 0 Å². The quantitative estimate of drug-likeness (QED) is 0.684. The van der Waals surface area contributed by atoms with E-state index in [1.54, 1.807) is 0 Å². The van der Waals surface area contributed by atoms with Crippen molar-refractivity contribution in [1.82, 2.24) is 14.5 Å². The van der Waals surface area contributed by atoms with Gasteiger partial charge in [0.15, 0.2) is 0 Å². The van der Waals surface area contributed by atoms with Crippen LogP contribution in [0.25, 0.3) is 11.0 Å². The summed E-state index contributed by atoms with van der Waals surface area (Å²) in [6.07, 6.45) is 4.15. The Balaban J connectivity index is 1.50. The van der Waals surface area contributed by atoms with Crippen molar-refractivity contribution in [2.45, 2.75) is 51.2 Å². The minimum absolute atomic E-state index is 0.0955. The molecule has 1 amide bonds. The number of likely N-dealkylation sites (tertiary alicyclic amines) is 1. The molecule has 4 rings (SSSR count). The third-order valence-electron chi connectivity index (χ3n) is 5.95. The number of alkyl halides is 3. The van der Waals surface area contributed by atoms with Crippen LogP contribution in [-0.4, -0.2) is 33.4 Å². The molecule has 7 heteroatoms. The van der Waals surface area contributed by atoms with Crippen molar-refractivity contribution >= 4 is 16.9 Å². The number of piperidine rings is 1. The van der Waals surface area contributed by atoms with Gasteiger partial charge in [0, 0.05) is 25.0 Å². The van der Waals surface area contributed by atoms with Crippen molar-refractivity contribution < 1.29 is 18.0 Å². The lowest BCUT2D eigenvalue weighted by atomic mass is 9.92. The number of halogens is 3. The predicted octanol–water partition coefficient (Wildman–Crippen LogP) is 4.88. The SMILES string of the molecule is Cc1nc2cc(C(F)(F)F)ccc2n1C1CCN(C(=O)C2CC=CCC2)CC1. The van der Waals surface area contributed by atoms with Gasteiger partial charge in [-0.25, -0.2) is 4.98 Å². The number of rotatable bonds is 2. The van der Waals surface area contributed by atoms with Gasteiger partial charge in [-0.15, -0.1) is 0 Å².